The Bertz CT molecular complexity index is 1010. The van der Waals surface area contributed by atoms with Gasteiger partial charge in [-0.1, -0.05) is 38.1 Å². The molecule has 160 valence electrons. The smallest absolute Gasteiger partial charge is 0.221 e. The van der Waals surface area contributed by atoms with E-state index in [0.29, 0.717) is 6.42 Å². The predicted octanol–water partition coefficient (Wildman–Crippen LogP) is 5.18. The molecule has 0 aliphatic rings. The number of carbonyl (C=O) groups excluding carboxylic acids is 1. The first-order valence-electron chi connectivity index (χ1n) is 10.6. The third-order valence-corrected chi connectivity index (χ3v) is 5.82. The molecular formula is C25H32N2O3. The molecule has 1 heterocycles. The number of aromatic amines is 1. The maximum absolute atomic E-state index is 12.9. The summed E-state index contributed by atoms with van der Waals surface area (Å²) in [6, 6.07) is 12.3. The number of amides is 1. The zero-order valence-electron chi connectivity index (χ0n) is 18.5. The molecule has 0 fully saturated rings. The lowest BCUT2D eigenvalue weighted by molar-refractivity contribution is -0.121. The lowest BCUT2D eigenvalue weighted by atomic mass is 9.86. The van der Waals surface area contributed by atoms with Crippen molar-refractivity contribution in [1.29, 1.82) is 0 Å². The Morgan fingerprint density at radius 3 is 2.57 bits per heavy atom. The summed E-state index contributed by atoms with van der Waals surface area (Å²) >= 11 is 0. The number of carbonyl (C=O) groups is 1. The van der Waals surface area contributed by atoms with Crippen molar-refractivity contribution in [3.05, 3.63) is 59.3 Å². The van der Waals surface area contributed by atoms with Crippen LogP contribution in [0.25, 0.3) is 10.9 Å². The fourth-order valence-electron chi connectivity index (χ4n) is 3.94. The number of ether oxygens (including phenoxy) is 2. The summed E-state index contributed by atoms with van der Waals surface area (Å²) in [5, 5.41) is 4.25. The Balaban J connectivity index is 2.10. The molecule has 0 radical (unpaired) electrons. The van der Waals surface area contributed by atoms with E-state index in [2.05, 4.69) is 42.3 Å². The van der Waals surface area contributed by atoms with Crippen LogP contribution < -0.4 is 14.8 Å². The van der Waals surface area contributed by atoms with Gasteiger partial charge in [-0.2, -0.15) is 0 Å². The molecule has 0 unspecified atom stereocenters. The average molecular weight is 409 g/mol. The maximum Gasteiger partial charge on any atom is 0.221 e. The minimum absolute atomic E-state index is 0.0354. The molecule has 2 aromatic carbocycles. The van der Waals surface area contributed by atoms with Crippen molar-refractivity contribution in [2.75, 3.05) is 14.2 Å². The first kappa shape index (κ1) is 21.8. The Morgan fingerprint density at radius 1 is 1.10 bits per heavy atom. The molecule has 0 bridgehead atoms. The number of aryl methyl sites for hydroxylation is 1. The monoisotopic (exact) mass is 408 g/mol. The van der Waals surface area contributed by atoms with Gasteiger partial charge in [-0.05, 0) is 37.0 Å². The molecular weight excluding hydrogens is 376 g/mol. The SMILES string of the molecule is CCc1cccc2c([C@H](CC(=O)N[C@@H](C)CC)c3ccc(OC)cc3OC)c[nH]c12. The van der Waals surface area contributed by atoms with Gasteiger partial charge in [-0.3, -0.25) is 4.79 Å². The van der Waals surface area contributed by atoms with E-state index in [1.54, 1.807) is 14.2 Å². The summed E-state index contributed by atoms with van der Waals surface area (Å²) in [5.74, 6) is 1.34. The highest BCUT2D eigenvalue weighted by Gasteiger charge is 2.25. The molecule has 30 heavy (non-hydrogen) atoms. The predicted molar refractivity (Wildman–Crippen MR) is 122 cm³/mol. The molecule has 0 spiro atoms. The van der Waals surface area contributed by atoms with Crippen molar-refractivity contribution in [1.82, 2.24) is 10.3 Å². The largest absolute Gasteiger partial charge is 0.497 e. The van der Waals surface area contributed by atoms with Gasteiger partial charge in [0, 0.05) is 47.1 Å². The molecule has 5 nitrogen and oxygen atoms in total. The van der Waals surface area contributed by atoms with Crippen LogP contribution in [0.1, 0.15) is 56.2 Å². The van der Waals surface area contributed by atoms with Crippen molar-refractivity contribution in [3.63, 3.8) is 0 Å². The summed E-state index contributed by atoms with van der Waals surface area (Å²) < 4.78 is 11.1. The first-order valence-corrected chi connectivity index (χ1v) is 10.6. The number of hydrogen-bond donors (Lipinski definition) is 2. The number of H-pyrrole nitrogens is 1. The third-order valence-electron chi connectivity index (χ3n) is 5.82. The molecule has 0 aliphatic heterocycles. The summed E-state index contributed by atoms with van der Waals surface area (Å²) in [4.78, 5) is 16.3. The standard InChI is InChI=1S/C25H32N2O3/c1-6-16(3)27-24(28)14-21(19-12-11-18(29-4)13-23(19)30-5)22-15-26-25-17(7-2)9-8-10-20(22)25/h8-13,15-16,21,26H,6-7,14H2,1-5H3,(H,27,28)/t16-,21+/m0/s1. The molecule has 2 N–H and O–H groups in total. The van der Waals surface area contributed by atoms with Crippen LogP contribution in [0.4, 0.5) is 0 Å². The summed E-state index contributed by atoms with van der Waals surface area (Å²) in [6.07, 6.45) is 4.22. The summed E-state index contributed by atoms with van der Waals surface area (Å²) in [6.45, 7) is 6.25. The van der Waals surface area contributed by atoms with Crippen LogP contribution in [0.3, 0.4) is 0 Å². The fraction of sp³-hybridized carbons (Fsp3) is 0.400. The van der Waals surface area contributed by atoms with Crippen LogP contribution in [0, 0.1) is 0 Å². The number of para-hydroxylation sites is 1. The van der Waals surface area contributed by atoms with Crippen LogP contribution >= 0.6 is 0 Å². The van der Waals surface area contributed by atoms with E-state index in [9.17, 15) is 4.79 Å². The molecule has 0 saturated carbocycles. The van der Waals surface area contributed by atoms with Crippen LogP contribution in [0.2, 0.25) is 0 Å². The number of nitrogens with one attached hydrogen (secondary N) is 2. The second-order valence-corrected chi connectivity index (χ2v) is 7.68. The van der Waals surface area contributed by atoms with Crippen molar-refractivity contribution < 1.29 is 14.3 Å². The Labute approximate surface area is 178 Å². The zero-order chi connectivity index (χ0) is 21.7. The molecule has 3 rings (SSSR count). The van der Waals surface area contributed by atoms with E-state index in [1.807, 2.05) is 31.3 Å². The van der Waals surface area contributed by atoms with Gasteiger partial charge in [0.15, 0.2) is 0 Å². The van der Waals surface area contributed by atoms with Crippen molar-refractivity contribution in [3.8, 4) is 11.5 Å². The first-order chi connectivity index (χ1) is 14.5. The van der Waals surface area contributed by atoms with Gasteiger partial charge in [-0.15, -0.1) is 0 Å². The third kappa shape index (κ3) is 4.45. The van der Waals surface area contributed by atoms with Gasteiger partial charge in [-0.25, -0.2) is 0 Å². The maximum atomic E-state index is 12.9. The van der Waals surface area contributed by atoms with Gasteiger partial charge >= 0.3 is 0 Å². The highest BCUT2D eigenvalue weighted by Crippen LogP contribution is 2.40. The highest BCUT2D eigenvalue weighted by molar-refractivity contribution is 5.88. The number of hydrogen-bond acceptors (Lipinski definition) is 3. The number of benzene rings is 2. The van der Waals surface area contributed by atoms with Gasteiger partial charge < -0.3 is 19.8 Å². The second kappa shape index (κ2) is 9.70. The van der Waals surface area contributed by atoms with E-state index in [-0.39, 0.29) is 17.9 Å². The van der Waals surface area contributed by atoms with Crippen LogP contribution in [-0.2, 0) is 11.2 Å². The fourth-order valence-corrected chi connectivity index (χ4v) is 3.94. The van der Waals surface area contributed by atoms with Crippen LogP contribution in [0.15, 0.2) is 42.6 Å². The molecule has 3 aromatic rings. The average Bonchev–Trinajstić information content (AvgIpc) is 3.21. The normalized spacial score (nSPS) is 13.1. The lowest BCUT2D eigenvalue weighted by Gasteiger charge is -2.21. The molecule has 1 aromatic heterocycles. The van der Waals surface area contributed by atoms with Crippen molar-refractivity contribution in [2.45, 2.75) is 52.0 Å². The number of methoxy groups -OCH3 is 2. The van der Waals surface area contributed by atoms with Crippen LogP contribution in [-0.4, -0.2) is 31.2 Å². The van der Waals surface area contributed by atoms with Gasteiger partial charge in [0.25, 0.3) is 0 Å². The highest BCUT2D eigenvalue weighted by atomic mass is 16.5. The van der Waals surface area contributed by atoms with Gasteiger partial charge in [0.1, 0.15) is 11.5 Å². The minimum Gasteiger partial charge on any atom is -0.497 e. The molecule has 0 aliphatic carbocycles. The van der Waals surface area contributed by atoms with E-state index in [1.165, 1.54) is 5.56 Å². The Morgan fingerprint density at radius 2 is 1.90 bits per heavy atom. The Hall–Kier alpha value is -2.95. The van der Waals surface area contributed by atoms with E-state index in [4.69, 9.17) is 9.47 Å². The second-order valence-electron chi connectivity index (χ2n) is 7.68. The van der Waals surface area contributed by atoms with Gasteiger partial charge in [0.05, 0.1) is 14.2 Å². The zero-order valence-corrected chi connectivity index (χ0v) is 18.5. The van der Waals surface area contributed by atoms with Gasteiger partial charge in [0.2, 0.25) is 5.91 Å². The number of fused-ring (bicyclic) bond motifs is 1. The van der Waals surface area contributed by atoms with Crippen LogP contribution in [0.5, 0.6) is 11.5 Å². The van der Waals surface area contributed by atoms with E-state index < -0.39 is 0 Å². The quantitative estimate of drug-likeness (QED) is 0.512. The van der Waals surface area contributed by atoms with Crippen molar-refractivity contribution >= 4 is 16.8 Å². The van der Waals surface area contributed by atoms with Crippen molar-refractivity contribution in [2.24, 2.45) is 0 Å². The summed E-state index contributed by atoms with van der Waals surface area (Å²) in [5.41, 5.74) is 4.47. The molecule has 2 atom stereocenters. The number of aromatic nitrogens is 1. The topological polar surface area (TPSA) is 63.4 Å². The lowest BCUT2D eigenvalue weighted by Crippen LogP contribution is -2.33. The molecule has 5 heteroatoms. The summed E-state index contributed by atoms with van der Waals surface area (Å²) in [7, 11) is 3.29. The molecule has 1 amide bonds. The molecule has 0 saturated heterocycles. The minimum atomic E-state index is -0.143. The van der Waals surface area contributed by atoms with E-state index >= 15 is 0 Å². The Kier molecular flexibility index (Phi) is 7.03. The number of rotatable bonds is 9. The van der Waals surface area contributed by atoms with E-state index in [0.717, 1.165) is 46.4 Å².